The van der Waals surface area contributed by atoms with Gasteiger partial charge in [-0.05, 0) is 13.0 Å². The van der Waals surface area contributed by atoms with Crippen LogP contribution in [0.25, 0.3) is 0 Å². The highest BCUT2D eigenvalue weighted by atomic mass is 16.1. The zero-order valence-electron chi connectivity index (χ0n) is 10.4. The second kappa shape index (κ2) is 4.91. The van der Waals surface area contributed by atoms with E-state index in [4.69, 9.17) is 5.73 Å². The molecule has 2 rings (SSSR count). The zero-order valence-corrected chi connectivity index (χ0v) is 10.4. The monoisotopic (exact) mass is 248 g/mol. The maximum absolute atomic E-state index is 12.0. The molecule has 2 aromatic rings. The van der Waals surface area contributed by atoms with Crippen LogP contribution in [0.3, 0.4) is 0 Å². The molecule has 7 nitrogen and oxygen atoms in total. The molecule has 0 spiro atoms. The standard InChI is InChI=1S/C11H16N6O/c1-3-17-6-8(12)4-9(17)11(18)13-5-10-15-14-7-16(10)2/h4,6-7H,3,5,12H2,1-2H3,(H,13,18). The number of nitrogen functional groups attached to an aromatic ring is 1. The predicted octanol–water partition coefficient (Wildman–Crippen LogP) is 0.149. The molecule has 1 amide bonds. The molecule has 0 atom stereocenters. The SMILES string of the molecule is CCn1cc(N)cc1C(=O)NCc1nncn1C. The molecule has 0 aliphatic carbocycles. The van der Waals surface area contributed by atoms with Gasteiger partial charge in [-0.3, -0.25) is 4.79 Å². The number of carbonyl (C=O) groups is 1. The Hall–Kier alpha value is -2.31. The first-order chi connectivity index (χ1) is 8.61. The van der Waals surface area contributed by atoms with E-state index in [-0.39, 0.29) is 5.91 Å². The summed E-state index contributed by atoms with van der Waals surface area (Å²) in [5.41, 5.74) is 6.82. The first-order valence-corrected chi connectivity index (χ1v) is 5.68. The lowest BCUT2D eigenvalue weighted by atomic mass is 10.3. The average molecular weight is 248 g/mol. The van der Waals surface area contributed by atoms with Crippen molar-refractivity contribution in [3.63, 3.8) is 0 Å². The number of hydrogen-bond donors (Lipinski definition) is 2. The highest BCUT2D eigenvalue weighted by molar-refractivity contribution is 5.93. The Morgan fingerprint density at radius 3 is 2.94 bits per heavy atom. The number of hydrogen-bond acceptors (Lipinski definition) is 4. The molecule has 0 radical (unpaired) electrons. The number of aryl methyl sites for hydroxylation is 2. The minimum Gasteiger partial charge on any atom is -0.397 e. The van der Waals surface area contributed by atoms with Crippen LogP contribution in [0.4, 0.5) is 5.69 Å². The van der Waals surface area contributed by atoms with Crippen LogP contribution in [0.1, 0.15) is 23.2 Å². The zero-order chi connectivity index (χ0) is 13.1. The first-order valence-electron chi connectivity index (χ1n) is 5.68. The van der Waals surface area contributed by atoms with Gasteiger partial charge in [0.15, 0.2) is 5.82 Å². The molecule has 7 heteroatoms. The highest BCUT2D eigenvalue weighted by Gasteiger charge is 2.12. The van der Waals surface area contributed by atoms with E-state index < -0.39 is 0 Å². The molecule has 0 aromatic carbocycles. The fourth-order valence-corrected chi connectivity index (χ4v) is 1.70. The van der Waals surface area contributed by atoms with Crippen LogP contribution >= 0.6 is 0 Å². The van der Waals surface area contributed by atoms with E-state index in [9.17, 15) is 4.79 Å². The third-order valence-corrected chi connectivity index (χ3v) is 2.70. The summed E-state index contributed by atoms with van der Waals surface area (Å²) >= 11 is 0. The molecule has 0 aliphatic heterocycles. The molecule has 2 heterocycles. The Morgan fingerprint density at radius 1 is 1.56 bits per heavy atom. The molecule has 2 aromatic heterocycles. The van der Waals surface area contributed by atoms with Crippen LogP contribution in [0.15, 0.2) is 18.6 Å². The number of carbonyl (C=O) groups excluding carboxylic acids is 1. The van der Waals surface area contributed by atoms with E-state index in [1.807, 2.05) is 14.0 Å². The van der Waals surface area contributed by atoms with E-state index in [2.05, 4.69) is 15.5 Å². The summed E-state index contributed by atoms with van der Waals surface area (Å²) in [7, 11) is 1.83. The van der Waals surface area contributed by atoms with Crippen LogP contribution in [-0.2, 0) is 20.1 Å². The van der Waals surface area contributed by atoms with Gasteiger partial charge in [-0.15, -0.1) is 10.2 Å². The van der Waals surface area contributed by atoms with E-state index in [0.717, 1.165) is 0 Å². The van der Waals surface area contributed by atoms with Crippen LogP contribution in [0.5, 0.6) is 0 Å². The Labute approximate surface area is 105 Å². The number of amides is 1. The Kier molecular flexibility index (Phi) is 3.31. The molecule has 0 aliphatic rings. The number of anilines is 1. The smallest absolute Gasteiger partial charge is 0.268 e. The van der Waals surface area contributed by atoms with Crippen molar-refractivity contribution in [2.24, 2.45) is 7.05 Å². The summed E-state index contributed by atoms with van der Waals surface area (Å²) in [6, 6.07) is 1.66. The summed E-state index contributed by atoms with van der Waals surface area (Å²) in [5, 5.41) is 10.4. The molecule has 0 saturated carbocycles. The van der Waals surface area contributed by atoms with Gasteiger partial charge in [0, 0.05) is 19.8 Å². The second-order valence-electron chi connectivity index (χ2n) is 3.99. The number of rotatable bonds is 4. The third kappa shape index (κ3) is 2.34. The van der Waals surface area contributed by atoms with Gasteiger partial charge in [0.25, 0.3) is 5.91 Å². The maximum atomic E-state index is 12.0. The van der Waals surface area contributed by atoms with Gasteiger partial charge in [-0.25, -0.2) is 0 Å². The molecule has 3 N–H and O–H groups in total. The van der Waals surface area contributed by atoms with Gasteiger partial charge in [-0.2, -0.15) is 0 Å². The van der Waals surface area contributed by atoms with Crippen molar-refractivity contribution in [3.05, 3.63) is 30.1 Å². The van der Waals surface area contributed by atoms with Gasteiger partial charge in [0.05, 0.1) is 12.2 Å². The van der Waals surface area contributed by atoms with Crippen molar-refractivity contribution >= 4 is 11.6 Å². The average Bonchev–Trinajstić information content (AvgIpc) is 2.92. The topological polar surface area (TPSA) is 90.8 Å². The number of aromatic nitrogens is 4. The number of nitrogens with zero attached hydrogens (tertiary/aromatic N) is 4. The normalized spacial score (nSPS) is 10.6. The summed E-state index contributed by atoms with van der Waals surface area (Å²) in [5.74, 6) is 0.530. The molecular formula is C11H16N6O. The molecule has 0 bridgehead atoms. The van der Waals surface area contributed by atoms with Gasteiger partial charge >= 0.3 is 0 Å². The first kappa shape index (κ1) is 12.2. The van der Waals surface area contributed by atoms with Gasteiger partial charge in [0.2, 0.25) is 0 Å². The van der Waals surface area contributed by atoms with Gasteiger partial charge in [0.1, 0.15) is 12.0 Å². The lowest BCUT2D eigenvalue weighted by Gasteiger charge is -2.07. The van der Waals surface area contributed by atoms with Gasteiger partial charge < -0.3 is 20.2 Å². The molecule has 96 valence electrons. The van der Waals surface area contributed by atoms with Gasteiger partial charge in [-0.1, -0.05) is 0 Å². The van der Waals surface area contributed by atoms with E-state index >= 15 is 0 Å². The highest BCUT2D eigenvalue weighted by Crippen LogP contribution is 2.10. The molecule has 0 fully saturated rings. The molecule has 0 saturated heterocycles. The van der Waals surface area contributed by atoms with Crippen LogP contribution in [-0.4, -0.2) is 25.2 Å². The van der Waals surface area contributed by atoms with Crippen molar-refractivity contribution in [1.29, 1.82) is 0 Å². The fraction of sp³-hybridized carbons (Fsp3) is 0.364. The quantitative estimate of drug-likeness (QED) is 0.805. The maximum Gasteiger partial charge on any atom is 0.268 e. The molecule has 0 unspecified atom stereocenters. The Balaban J connectivity index is 2.06. The molecular weight excluding hydrogens is 232 g/mol. The van der Waals surface area contributed by atoms with Crippen molar-refractivity contribution in [1.82, 2.24) is 24.6 Å². The fourth-order valence-electron chi connectivity index (χ4n) is 1.70. The van der Waals surface area contributed by atoms with Crippen molar-refractivity contribution in [2.45, 2.75) is 20.0 Å². The number of nitrogens with one attached hydrogen (secondary N) is 1. The van der Waals surface area contributed by atoms with Crippen LogP contribution in [0, 0.1) is 0 Å². The van der Waals surface area contributed by atoms with Crippen molar-refractivity contribution < 1.29 is 4.79 Å². The summed E-state index contributed by atoms with van der Waals surface area (Å²) in [4.78, 5) is 12.0. The lowest BCUT2D eigenvalue weighted by molar-refractivity contribution is 0.0940. The van der Waals surface area contributed by atoms with Crippen LogP contribution < -0.4 is 11.1 Å². The van der Waals surface area contributed by atoms with Crippen LogP contribution in [0.2, 0.25) is 0 Å². The summed E-state index contributed by atoms with van der Waals surface area (Å²) < 4.78 is 3.56. The second-order valence-corrected chi connectivity index (χ2v) is 3.99. The van der Waals surface area contributed by atoms with E-state index in [1.165, 1.54) is 0 Å². The Bertz CT molecular complexity index is 556. The summed E-state index contributed by atoms with van der Waals surface area (Å²) in [6.45, 7) is 2.99. The largest absolute Gasteiger partial charge is 0.397 e. The Morgan fingerprint density at radius 2 is 2.33 bits per heavy atom. The molecule has 18 heavy (non-hydrogen) atoms. The lowest BCUT2D eigenvalue weighted by Crippen LogP contribution is -2.26. The summed E-state index contributed by atoms with van der Waals surface area (Å²) in [6.07, 6.45) is 3.34. The van der Waals surface area contributed by atoms with E-state index in [1.54, 1.807) is 27.7 Å². The van der Waals surface area contributed by atoms with E-state index in [0.29, 0.717) is 30.3 Å². The number of nitrogens with two attached hydrogens (primary N) is 1. The minimum atomic E-state index is -0.170. The predicted molar refractivity (Wildman–Crippen MR) is 66.7 cm³/mol. The van der Waals surface area contributed by atoms with Crippen molar-refractivity contribution in [2.75, 3.05) is 5.73 Å². The van der Waals surface area contributed by atoms with Crippen molar-refractivity contribution in [3.8, 4) is 0 Å². The minimum absolute atomic E-state index is 0.170. The third-order valence-electron chi connectivity index (χ3n) is 2.70.